The minimum Gasteiger partial charge on any atom is -0.480 e. The van der Waals surface area contributed by atoms with Crippen LogP contribution in [0.1, 0.15) is 31.2 Å². The van der Waals surface area contributed by atoms with Crippen LogP contribution in [0.4, 0.5) is 0 Å². The predicted octanol–water partition coefficient (Wildman–Crippen LogP) is 0.974. The van der Waals surface area contributed by atoms with Crippen LogP contribution in [-0.2, 0) is 20.8 Å². The number of hydrogen-bond acceptors (Lipinski definition) is 6. The Morgan fingerprint density at radius 1 is 1.09 bits per heavy atom. The number of thioether (sulfide) groups is 1. The lowest BCUT2D eigenvalue weighted by molar-refractivity contribution is -0.142. The quantitative estimate of drug-likeness (QED) is 0.227. The highest BCUT2D eigenvalue weighted by atomic mass is 32.2. The van der Waals surface area contributed by atoms with Gasteiger partial charge in [0.05, 0.1) is 6.04 Å². The van der Waals surface area contributed by atoms with Gasteiger partial charge in [-0.05, 0) is 55.9 Å². The number of aromatic nitrogens is 1. The molecule has 32 heavy (non-hydrogen) atoms. The molecule has 0 saturated heterocycles. The van der Waals surface area contributed by atoms with Crippen molar-refractivity contribution in [1.29, 1.82) is 0 Å². The first-order chi connectivity index (χ1) is 15.4. The normalized spacial score (nSPS) is 14.0. The van der Waals surface area contributed by atoms with Gasteiger partial charge >= 0.3 is 5.97 Å². The molecule has 0 radical (unpaired) electrons. The number of nitrogens with one attached hydrogen (secondary N) is 3. The summed E-state index contributed by atoms with van der Waals surface area (Å²) < 4.78 is 0. The number of carboxylic acid groups (broad SMARTS) is 1. The Morgan fingerprint density at radius 3 is 2.50 bits per heavy atom. The molecular formula is C22H33N5O4S. The van der Waals surface area contributed by atoms with Gasteiger partial charge in [-0.3, -0.25) is 9.59 Å². The number of carbonyl (C=O) groups excluding carboxylic acids is 2. The van der Waals surface area contributed by atoms with E-state index in [1.807, 2.05) is 30.5 Å². The van der Waals surface area contributed by atoms with Gasteiger partial charge < -0.3 is 32.2 Å². The van der Waals surface area contributed by atoms with Crippen LogP contribution in [0.15, 0.2) is 30.5 Å². The number of nitrogens with two attached hydrogens (primary N) is 2. The fourth-order valence-corrected chi connectivity index (χ4v) is 3.90. The molecular weight excluding hydrogens is 430 g/mol. The van der Waals surface area contributed by atoms with Gasteiger partial charge in [0.2, 0.25) is 11.8 Å². The summed E-state index contributed by atoms with van der Waals surface area (Å²) in [5.41, 5.74) is 13.2. The van der Waals surface area contributed by atoms with Crippen LogP contribution in [0.2, 0.25) is 0 Å². The number of aliphatic carboxylic acids is 1. The molecule has 1 aromatic carbocycles. The second-order valence-electron chi connectivity index (χ2n) is 7.70. The fraction of sp³-hybridized carbons (Fsp3) is 0.500. The summed E-state index contributed by atoms with van der Waals surface area (Å²) in [4.78, 5) is 40.5. The molecule has 10 heteroatoms. The molecule has 2 amide bonds. The fourth-order valence-electron chi connectivity index (χ4n) is 3.41. The summed E-state index contributed by atoms with van der Waals surface area (Å²) in [7, 11) is 0. The van der Waals surface area contributed by atoms with Gasteiger partial charge in [0, 0.05) is 23.5 Å². The van der Waals surface area contributed by atoms with Gasteiger partial charge in [-0.25, -0.2) is 4.79 Å². The first kappa shape index (κ1) is 25.7. The SMILES string of the molecule is CSCCC(N)C(=O)NC(Cc1c[nH]c2ccccc12)C(=O)NC(CCCCN)C(=O)O. The van der Waals surface area contributed by atoms with Gasteiger partial charge in [-0.15, -0.1) is 0 Å². The summed E-state index contributed by atoms with van der Waals surface area (Å²) in [6, 6.07) is 4.87. The summed E-state index contributed by atoms with van der Waals surface area (Å²) in [6.07, 6.45) is 5.90. The molecule has 0 saturated carbocycles. The third-order valence-electron chi connectivity index (χ3n) is 5.26. The lowest BCUT2D eigenvalue weighted by atomic mass is 10.0. The van der Waals surface area contributed by atoms with Crippen molar-refractivity contribution in [3.8, 4) is 0 Å². The zero-order valence-electron chi connectivity index (χ0n) is 18.3. The number of unbranched alkanes of at least 4 members (excludes halogenated alkanes) is 1. The van der Waals surface area contributed by atoms with Crippen molar-refractivity contribution in [3.63, 3.8) is 0 Å². The molecule has 3 unspecified atom stereocenters. The maximum Gasteiger partial charge on any atom is 0.326 e. The maximum absolute atomic E-state index is 13.1. The van der Waals surface area contributed by atoms with Crippen LogP contribution in [0.3, 0.4) is 0 Å². The van der Waals surface area contributed by atoms with Crippen molar-refractivity contribution in [2.75, 3.05) is 18.6 Å². The number of amides is 2. The van der Waals surface area contributed by atoms with Gasteiger partial charge in [0.25, 0.3) is 0 Å². The minimum atomic E-state index is -1.12. The molecule has 9 nitrogen and oxygen atoms in total. The Hall–Kier alpha value is -2.56. The van der Waals surface area contributed by atoms with Crippen LogP contribution < -0.4 is 22.1 Å². The number of aromatic amines is 1. The molecule has 0 fully saturated rings. The molecule has 0 bridgehead atoms. The molecule has 0 aliphatic rings. The van der Waals surface area contributed by atoms with Gasteiger partial charge in [-0.1, -0.05) is 18.2 Å². The minimum absolute atomic E-state index is 0.200. The zero-order chi connectivity index (χ0) is 23.5. The van der Waals surface area contributed by atoms with Crippen molar-refractivity contribution in [2.45, 2.75) is 50.2 Å². The van der Waals surface area contributed by atoms with Crippen molar-refractivity contribution in [1.82, 2.24) is 15.6 Å². The number of fused-ring (bicyclic) bond motifs is 1. The predicted molar refractivity (Wildman–Crippen MR) is 127 cm³/mol. The van der Waals surface area contributed by atoms with Crippen LogP contribution in [0, 0.1) is 0 Å². The number of benzene rings is 1. The molecule has 1 aromatic heterocycles. The van der Waals surface area contributed by atoms with Gasteiger partial charge in [-0.2, -0.15) is 11.8 Å². The van der Waals surface area contributed by atoms with Crippen molar-refractivity contribution >= 4 is 40.4 Å². The van der Waals surface area contributed by atoms with E-state index in [1.165, 1.54) is 0 Å². The van der Waals surface area contributed by atoms with E-state index in [9.17, 15) is 19.5 Å². The van der Waals surface area contributed by atoms with Crippen molar-refractivity contribution in [3.05, 3.63) is 36.0 Å². The van der Waals surface area contributed by atoms with Gasteiger partial charge in [0.15, 0.2) is 0 Å². The summed E-state index contributed by atoms with van der Waals surface area (Å²) in [5.74, 6) is -1.39. The van der Waals surface area contributed by atoms with E-state index in [1.54, 1.807) is 18.0 Å². The number of carboxylic acids is 1. The summed E-state index contributed by atoms with van der Waals surface area (Å²) in [5, 5.41) is 15.7. The molecule has 2 rings (SSSR count). The average molecular weight is 464 g/mol. The first-order valence-electron chi connectivity index (χ1n) is 10.7. The maximum atomic E-state index is 13.1. The number of H-pyrrole nitrogens is 1. The van der Waals surface area contributed by atoms with E-state index in [-0.39, 0.29) is 12.8 Å². The largest absolute Gasteiger partial charge is 0.480 e. The zero-order valence-corrected chi connectivity index (χ0v) is 19.1. The molecule has 3 atom stereocenters. The van der Waals surface area contributed by atoms with Crippen LogP contribution in [-0.4, -0.2) is 64.6 Å². The second-order valence-corrected chi connectivity index (χ2v) is 8.68. The highest BCUT2D eigenvalue weighted by Gasteiger charge is 2.28. The lowest BCUT2D eigenvalue weighted by Gasteiger charge is -2.23. The summed E-state index contributed by atoms with van der Waals surface area (Å²) >= 11 is 1.58. The topological polar surface area (TPSA) is 163 Å². The van der Waals surface area contributed by atoms with Crippen molar-refractivity contribution < 1.29 is 19.5 Å². The Morgan fingerprint density at radius 2 is 1.81 bits per heavy atom. The third kappa shape index (κ3) is 7.54. The molecule has 0 aliphatic heterocycles. The van der Waals surface area contributed by atoms with E-state index in [0.29, 0.717) is 25.8 Å². The van der Waals surface area contributed by atoms with E-state index < -0.39 is 35.9 Å². The molecule has 176 valence electrons. The lowest BCUT2D eigenvalue weighted by Crippen LogP contribution is -2.55. The molecule has 1 heterocycles. The molecule has 2 aromatic rings. The average Bonchev–Trinajstić information content (AvgIpc) is 3.19. The number of para-hydroxylation sites is 1. The number of hydrogen-bond donors (Lipinski definition) is 6. The first-order valence-corrected chi connectivity index (χ1v) is 12.1. The van der Waals surface area contributed by atoms with Crippen LogP contribution in [0.25, 0.3) is 10.9 Å². The Labute approximate surface area is 192 Å². The van der Waals surface area contributed by atoms with Crippen molar-refractivity contribution in [2.24, 2.45) is 11.5 Å². The number of carbonyl (C=O) groups is 3. The Bertz CT molecular complexity index is 903. The standard InChI is InChI=1S/C22H33N5O4S/c1-32-11-9-16(24)20(28)27-19(12-14-13-25-17-7-3-2-6-15(14)17)21(29)26-18(22(30)31)8-4-5-10-23/h2-3,6-7,13,16,18-19,25H,4-5,8-12,23-24H2,1H3,(H,26,29)(H,27,28)(H,30,31). The van der Waals surface area contributed by atoms with Crippen LogP contribution >= 0.6 is 11.8 Å². The molecule has 0 aliphatic carbocycles. The van der Waals surface area contributed by atoms with E-state index in [4.69, 9.17) is 11.5 Å². The Balaban J connectivity index is 2.18. The van der Waals surface area contributed by atoms with E-state index >= 15 is 0 Å². The third-order valence-corrected chi connectivity index (χ3v) is 5.91. The smallest absolute Gasteiger partial charge is 0.326 e. The Kier molecular flexibility index (Phi) is 10.5. The second kappa shape index (κ2) is 13.1. The van der Waals surface area contributed by atoms with Gasteiger partial charge in [0.1, 0.15) is 12.1 Å². The van der Waals surface area contributed by atoms with E-state index in [2.05, 4.69) is 15.6 Å². The van der Waals surface area contributed by atoms with Crippen LogP contribution in [0.5, 0.6) is 0 Å². The summed E-state index contributed by atoms with van der Waals surface area (Å²) in [6.45, 7) is 0.452. The molecule has 8 N–H and O–H groups in total. The highest BCUT2D eigenvalue weighted by molar-refractivity contribution is 7.98. The highest BCUT2D eigenvalue weighted by Crippen LogP contribution is 2.19. The monoisotopic (exact) mass is 463 g/mol. The van der Waals surface area contributed by atoms with E-state index in [0.717, 1.165) is 22.2 Å². The number of rotatable bonds is 14. The molecule has 0 spiro atoms.